The van der Waals surface area contributed by atoms with Gasteiger partial charge in [0.15, 0.2) is 6.61 Å². The number of carbonyl (C=O) groups is 1. The van der Waals surface area contributed by atoms with E-state index in [1.807, 2.05) is 41.8 Å². The molecule has 6 heteroatoms. The molecular formula is C17H13BrN2O2S. The van der Waals surface area contributed by atoms with Crippen molar-refractivity contribution in [2.45, 2.75) is 0 Å². The van der Waals surface area contributed by atoms with Crippen LogP contribution >= 0.6 is 27.3 Å². The first kappa shape index (κ1) is 15.7. The number of benzene rings is 2. The Morgan fingerprint density at radius 1 is 1.13 bits per heavy atom. The lowest BCUT2D eigenvalue weighted by Crippen LogP contribution is -2.20. The molecule has 0 saturated heterocycles. The molecule has 0 aliphatic heterocycles. The third-order valence-electron chi connectivity index (χ3n) is 3.03. The topological polar surface area (TPSA) is 51.2 Å². The summed E-state index contributed by atoms with van der Waals surface area (Å²) in [4.78, 5) is 16.2. The minimum atomic E-state index is -0.199. The summed E-state index contributed by atoms with van der Waals surface area (Å²) in [6, 6.07) is 14.9. The van der Waals surface area contributed by atoms with Gasteiger partial charge in [0, 0.05) is 27.3 Å². The molecule has 2 aromatic carbocycles. The summed E-state index contributed by atoms with van der Waals surface area (Å²) in [7, 11) is 0. The number of hydrogen-bond acceptors (Lipinski definition) is 4. The van der Waals surface area contributed by atoms with E-state index in [9.17, 15) is 4.79 Å². The summed E-state index contributed by atoms with van der Waals surface area (Å²) >= 11 is 4.93. The quantitative estimate of drug-likeness (QED) is 0.695. The first-order valence-corrected chi connectivity index (χ1v) is 8.56. The second kappa shape index (κ2) is 7.39. The van der Waals surface area contributed by atoms with Crippen molar-refractivity contribution in [1.29, 1.82) is 0 Å². The zero-order chi connectivity index (χ0) is 16.1. The maximum absolute atomic E-state index is 11.9. The number of hydrogen-bond donors (Lipinski definition) is 1. The fourth-order valence-electron chi connectivity index (χ4n) is 1.94. The van der Waals surface area contributed by atoms with Crippen LogP contribution in [0.25, 0.3) is 10.6 Å². The number of thiazole rings is 1. The lowest BCUT2D eigenvalue weighted by Gasteiger charge is -2.08. The van der Waals surface area contributed by atoms with E-state index in [4.69, 9.17) is 4.74 Å². The van der Waals surface area contributed by atoms with E-state index in [-0.39, 0.29) is 12.5 Å². The third-order valence-corrected chi connectivity index (χ3v) is 4.38. The van der Waals surface area contributed by atoms with Crippen LogP contribution in [0.3, 0.4) is 0 Å². The number of nitrogens with zero attached hydrogens (tertiary/aromatic N) is 1. The molecule has 0 fully saturated rings. The highest BCUT2D eigenvalue weighted by molar-refractivity contribution is 9.10. The number of carbonyl (C=O) groups excluding carboxylic acids is 1. The predicted molar refractivity (Wildman–Crippen MR) is 95.8 cm³/mol. The molecule has 0 atom stereocenters. The zero-order valence-corrected chi connectivity index (χ0v) is 14.4. The zero-order valence-electron chi connectivity index (χ0n) is 12.0. The van der Waals surface area contributed by atoms with E-state index in [1.54, 1.807) is 29.7 Å². The normalized spacial score (nSPS) is 10.3. The van der Waals surface area contributed by atoms with Gasteiger partial charge in [0.25, 0.3) is 5.91 Å². The standard InChI is InChI=1S/C17H13BrN2O2S/c18-13-3-7-15(8-4-13)22-11-16(21)20-14-5-1-12(2-6-14)17-19-9-10-23-17/h1-10H,11H2,(H,20,21). The number of aromatic nitrogens is 1. The van der Waals surface area contributed by atoms with Crippen LogP contribution in [0.1, 0.15) is 0 Å². The van der Waals surface area contributed by atoms with Crippen LogP contribution in [-0.4, -0.2) is 17.5 Å². The van der Waals surface area contributed by atoms with Crippen LogP contribution in [-0.2, 0) is 4.79 Å². The Kier molecular flexibility index (Phi) is 5.05. The van der Waals surface area contributed by atoms with Crippen molar-refractivity contribution in [2.24, 2.45) is 0 Å². The van der Waals surface area contributed by atoms with Crippen LogP contribution < -0.4 is 10.1 Å². The van der Waals surface area contributed by atoms with Crippen molar-refractivity contribution < 1.29 is 9.53 Å². The summed E-state index contributed by atoms with van der Waals surface area (Å²) < 4.78 is 6.40. The highest BCUT2D eigenvalue weighted by Gasteiger charge is 2.05. The average Bonchev–Trinajstić information content (AvgIpc) is 3.09. The van der Waals surface area contributed by atoms with E-state index < -0.39 is 0 Å². The van der Waals surface area contributed by atoms with Gasteiger partial charge in [-0.2, -0.15) is 0 Å². The van der Waals surface area contributed by atoms with E-state index in [1.165, 1.54) is 0 Å². The molecule has 1 aromatic heterocycles. The van der Waals surface area contributed by atoms with Crippen LogP contribution in [0.2, 0.25) is 0 Å². The Hall–Kier alpha value is -2.18. The van der Waals surface area contributed by atoms with Gasteiger partial charge in [0.2, 0.25) is 0 Å². The van der Waals surface area contributed by atoms with E-state index in [0.29, 0.717) is 5.75 Å². The summed E-state index contributed by atoms with van der Waals surface area (Å²) in [5.41, 5.74) is 1.76. The molecule has 1 N–H and O–H groups in total. The van der Waals surface area contributed by atoms with Crippen molar-refractivity contribution in [3.05, 3.63) is 64.6 Å². The van der Waals surface area contributed by atoms with Crippen molar-refractivity contribution in [2.75, 3.05) is 11.9 Å². The maximum atomic E-state index is 11.9. The van der Waals surface area contributed by atoms with Crippen molar-refractivity contribution >= 4 is 38.9 Å². The summed E-state index contributed by atoms with van der Waals surface area (Å²) in [5.74, 6) is 0.456. The van der Waals surface area contributed by atoms with Crippen LogP contribution in [0.5, 0.6) is 5.75 Å². The Morgan fingerprint density at radius 2 is 1.87 bits per heavy atom. The number of amides is 1. The molecule has 116 valence electrons. The number of anilines is 1. The molecule has 1 amide bonds. The number of ether oxygens (including phenoxy) is 1. The van der Waals surface area contributed by atoms with Gasteiger partial charge in [-0.15, -0.1) is 11.3 Å². The van der Waals surface area contributed by atoms with Gasteiger partial charge in [0.1, 0.15) is 10.8 Å². The Labute approximate surface area is 146 Å². The Bertz CT molecular complexity index is 771. The van der Waals surface area contributed by atoms with Gasteiger partial charge in [0.05, 0.1) is 0 Å². The van der Waals surface area contributed by atoms with Gasteiger partial charge in [-0.3, -0.25) is 4.79 Å². The lowest BCUT2D eigenvalue weighted by molar-refractivity contribution is -0.118. The lowest BCUT2D eigenvalue weighted by atomic mass is 10.2. The summed E-state index contributed by atoms with van der Waals surface area (Å²) in [6.45, 7) is -0.0319. The number of halogens is 1. The van der Waals surface area contributed by atoms with Gasteiger partial charge in [-0.25, -0.2) is 4.98 Å². The van der Waals surface area contributed by atoms with Crippen LogP contribution in [0, 0.1) is 0 Å². The van der Waals surface area contributed by atoms with Crippen molar-refractivity contribution in [3.63, 3.8) is 0 Å². The molecule has 0 unspecified atom stereocenters. The fraction of sp³-hybridized carbons (Fsp3) is 0.0588. The monoisotopic (exact) mass is 388 g/mol. The second-order valence-electron chi connectivity index (χ2n) is 4.71. The molecule has 0 aliphatic rings. The molecule has 0 spiro atoms. The fourth-order valence-corrected chi connectivity index (χ4v) is 2.85. The minimum Gasteiger partial charge on any atom is -0.484 e. The molecule has 0 saturated carbocycles. The molecular weight excluding hydrogens is 376 g/mol. The third kappa shape index (κ3) is 4.40. The van der Waals surface area contributed by atoms with Crippen LogP contribution in [0.4, 0.5) is 5.69 Å². The highest BCUT2D eigenvalue weighted by atomic mass is 79.9. The molecule has 4 nitrogen and oxygen atoms in total. The molecule has 3 aromatic rings. The first-order chi connectivity index (χ1) is 11.2. The van der Waals surface area contributed by atoms with Gasteiger partial charge < -0.3 is 10.1 Å². The smallest absolute Gasteiger partial charge is 0.262 e. The van der Waals surface area contributed by atoms with Crippen molar-refractivity contribution in [3.8, 4) is 16.3 Å². The molecule has 0 bridgehead atoms. The largest absolute Gasteiger partial charge is 0.484 e. The van der Waals surface area contributed by atoms with Gasteiger partial charge >= 0.3 is 0 Å². The Morgan fingerprint density at radius 3 is 2.52 bits per heavy atom. The van der Waals surface area contributed by atoms with Gasteiger partial charge in [-0.05, 0) is 48.5 Å². The first-order valence-electron chi connectivity index (χ1n) is 6.89. The number of rotatable bonds is 5. The average molecular weight is 389 g/mol. The summed E-state index contributed by atoms with van der Waals surface area (Å²) in [5, 5.41) is 5.70. The van der Waals surface area contributed by atoms with Gasteiger partial charge in [-0.1, -0.05) is 15.9 Å². The molecule has 3 rings (SSSR count). The van der Waals surface area contributed by atoms with E-state index >= 15 is 0 Å². The second-order valence-corrected chi connectivity index (χ2v) is 6.52. The maximum Gasteiger partial charge on any atom is 0.262 e. The van der Waals surface area contributed by atoms with Crippen molar-refractivity contribution in [1.82, 2.24) is 4.98 Å². The molecule has 0 aliphatic carbocycles. The van der Waals surface area contributed by atoms with Crippen LogP contribution in [0.15, 0.2) is 64.6 Å². The molecule has 0 radical (unpaired) electrons. The molecule has 1 heterocycles. The highest BCUT2D eigenvalue weighted by Crippen LogP contribution is 2.23. The molecule has 23 heavy (non-hydrogen) atoms. The number of nitrogens with one attached hydrogen (secondary N) is 1. The van der Waals surface area contributed by atoms with E-state index in [2.05, 4.69) is 26.2 Å². The minimum absolute atomic E-state index is 0.0319. The SMILES string of the molecule is O=C(COc1ccc(Br)cc1)Nc1ccc(-c2nccs2)cc1. The predicted octanol–water partition coefficient (Wildman–Crippen LogP) is 4.59. The summed E-state index contributed by atoms with van der Waals surface area (Å²) in [6.07, 6.45) is 1.77. The Balaban J connectivity index is 1.54. The van der Waals surface area contributed by atoms with E-state index in [0.717, 1.165) is 20.7 Å².